The van der Waals surface area contributed by atoms with Crippen LogP contribution in [0.2, 0.25) is 0 Å². The Hall–Kier alpha value is -1.46. The lowest BCUT2D eigenvalue weighted by molar-refractivity contribution is 0.412. The Bertz CT molecular complexity index is 430. The number of thiazole rings is 1. The highest BCUT2D eigenvalue weighted by atomic mass is 32.1. The Labute approximate surface area is 91.8 Å². The van der Waals surface area contributed by atoms with Crippen molar-refractivity contribution < 1.29 is 4.74 Å². The highest BCUT2D eigenvalue weighted by Crippen LogP contribution is 2.24. The summed E-state index contributed by atoms with van der Waals surface area (Å²) < 4.78 is 5.09. The van der Waals surface area contributed by atoms with Gasteiger partial charge >= 0.3 is 0 Å². The molecule has 0 spiro atoms. The van der Waals surface area contributed by atoms with E-state index in [1.54, 1.807) is 31.2 Å². The second-order valence-corrected chi connectivity index (χ2v) is 3.96. The fraction of sp³-hybridized carbons (Fsp3) is 0.200. The summed E-state index contributed by atoms with van der Waals surface area (Å²) in [5.74, 6) is 0.715. The maximum atomic E-state index is 6.06. The molecule has 0 saturated heterocycles. The average Bonchev–Trinajstić information content (AvgIpc) is 2.81. The predicted octanol–water partition coefficient (Wildman–Crippen LogP) is 1.59. The van der Waals surface area contributed by atoms with E-state index in [1.807, 2.05) is 6.07 Å². The molecule has 0 fully saturated rings. The molecule has 0 aromatic carbocycles. The number of pyridine rings is 1. The van der Waals surface area contributed by atoms with Gasteiger partial charge in [0.1, 0.15) is 5.75 Å². The zero-order chi connectivity index (χ0) is 10.7. The second kappa shape index (κ2) is 4.37. The number of rotatable bonds is 3. The lowest BCUT2D eigenvalue weighted by atomic mass is 10.1. The molecule has 4 nitrogen and oxygen atoms in total. The van der Waals surface area contributed by atoms with Gasteiger partial charge in [0.2, 0.25) is 0 Å². The van der Waals surface area contributed by atoms with Crippen LogP contribution in [-0.4, -0.2) is 17.1 Å². The first-order valence-electron chi connectivity index (χ1n) is 4.44. The molecule has 2 aromatic heterocycles. The topological polar surface area (TPSA) is 61.0 Å². The van der Waals surface area contributed by atoms with E-state index in [0.717, 1.165) is 10.4 Å². The molecule has 5 heteroatoms. The Morgan fingerprint density at radius 1 is 1.33 bits per heavy atom. The third-order valence-corrected chi connectivity index (χ3v) is 2.95. The van der Waals surface area contributed by atoms with Crippen LogP contribution in [0.25, 0.3) is 0 Å². The molecule has 2 rings (SSSR count). The molecular weight excluding hydrogens is 210 g/mol. The van der Waals surface area contributed by atoms with Crippen molar-refractivity contribution in [3.63, 3.8) is 0 Å². The first kappa shape index (κ1) is 10.1. The van der Waals surface area contributed by atoms with Gasteiger partial charge in [0.25, 0.3) is 0 Å². The van der Waals surface area contributed by atoms with Gasteiger partial charge in [-0.05, 0) is 11.6 Å². The minimum absolute atomic E-state index is 0.180. The molecule has 0 saturated carbocycles. The fourth-order valence-corrected chi connectivity index (χ4v) is 1.91. The first-order chi connectivity index (χ1) is 7.31. The second-order valence-electron chi connectivity index (χ2n) is 3.04. The summed E-state index contributed by atoms with van der Waals surface area (Å²) in [5.41, 5.74) is 8.76. The molecule has 15 heavy (non-hydrogen) atoms. The van der Waals surface area contributed by atoms with Crippen LogP contribution in [-0.2, 0) is 0 Å². The van der Waals surface area contributed by atoms with Crippen LogP contribution >= 0.6 is 11.3 Å². The smallest absolute Gasteiger partial charge is 0.137 e. The first-order valence-corrected chi connectivity index (χ1v) is 5.32. The van der Waals surface area contributed by atoms with Gasteiger partial charge in [-0.3, -0.25) is 9.97 Å². The van der Waals surface area contributed by atoms with Crippen molar-refractivity contribution in [1.82, 2.24) is 9.97 Å². The lowest BCUT2D eigenvalue weighted by Crippen LogP contribution is -2.10. The van der Waals surface area contributed by atoms with E-state index < -0.39 is 0 Å². The van der Waals surface area contributed by atoms with Crippen molar-refractivity contribution >= 4 is 11.3 Å². The molecule has 2 heterocycles. The zero-order valence-electron chi connectivity index (χ0n) is 8.25. The molecule has 0 bridgehead atoms. The van der Waals surface area contributed by atoms with Crippen molar-refractivity contribution in [3.05, 3.63) is 40.6 Å². The van der Waals surface area contributed by atoms with Gasteiger partial charge in [-0.25, -0.2) is 0 Å². The SMILES string of the molecule is COc1cncc(C(N)c2cncs2)c1. The number of ether oxygens (including phenoxy) is 1. The third-order valence-electron chi connectivity index (χ3n) is 2.09. The standard InChI is InChI=1S/C10H11N3OS/c1-14-8-2-7(3-12-4-8)10(11)9-5-13-6-15-9/h2-6,10H,11H2,1H3. The van der Waals surface area contributed by atoms with Crippen LogP contribution in [0, 0.1) is 0 Å². The zero-order valence-corrected chi connectivity index (χ0v) is 9.07. The molecule has 1 atom stereocenters. The van der Waals surface area contributed by atoms with E-state index in [9.17, 15) is 0 Å². The van der Waals surface area contributed by atoms with Gasteiger partial charge in [0.15, 0.2) is 0 Å². The van der Waals surface area contributed by atoms with Crippen LogP contribution < -0.4 is 10.5 Å². The average molecular weight is 221 g/mol. The van der Waals surface area contributed by atoms with Crippen molar-refractivity contribution in [3.8, 4) is 5.75 Å². The van der Waals surface area contributed by atoms with E-state index in [4.69, 9.17) is 10.5 Å². The van der Waals surface area contributed by atoms with Gasteiger partial charge in [-0.1, -0.05) is 0 Å². The van der Waals surface area contributed by atoms with Gasteiger partial charge in [0, 0.05) is 17.3 Å². The van der Waals surface area contributed by atoms with E-state index in [0.29, 0.717) is 5.75 Å². The summed E-state index contributed by atoms with van der Waals surface area (Å²) in [7, 11) is 1.61. The van der Waals surface area contributed by atoms with Gasteiger partial charge < -0.3 is 10.5 Å². The summed E-state index contributed by atoms with van der Waals surface area (Å²) in [6.45, 7) is 0. The normalized spacial score (nSPS) is 12.4. The summed E-state index contributed by atoms with van der Waals surface area (Å²) >= 11 is 1.53. The highest BCUT2D eigenvalue weighted by Gasteiger charge is 2.11. The van der Waals surface area contributed by atoms with Crippen LogP contribution in [0.4, 0.5) is 0 Å². The molecule has 2 aromatic rings. The minimum Gasteiger partial charge on any atom is -0.495 e. The lowest BCUT2D eigenvalue weighted by Gasteiger charge is -2.09. The molecule has 0 radical (unpaired) electrons. The van der Waals surface area contributed by atoms with Crippen molar-refractivity contribution in [2.45, 2.75) is 6.04 Å². The van der Waals surface area contributed by atoms with E-state index in [2.05, 4.69) is 9.97 Å². The molecule has 0 aliphatic heterocycles. The van der Waals surface area contributed by atoms with E-state index in [1.165, 1.54) is 11.3 Å². The monoisotopic (exact) mass is 221 g/mol. The quantitative estimate of drug-likeness (QED) is 0.855. The number of nitrogens with zero attached hydrogens (tertiary/aromatic N) is 2. The van der Waals surface area contributed by atoms with Crippen molar-refractivity contribution in [2.24, 2.45) is 5.73 Å². The molecular formula is C10H11N3OS. The summed E-state index contributed by atoms with van der Waals surface area (Å²) in [4.78, 5) is 9.08. The van der Waals surface area contributed by atoms with Gasteiger partial charge in [0.05, 0.1) is 24.9 Å². The molecule has 0 aliphatic carbocycles. The van der Waals surface area contributed by atoms with Crippen molar-refractivity contribution in [1.29, 1.82) is 0 Å². The van der Waals surface area contributed by atoms with Gasteiger partial charge in [-0.15, -0.1) is 11.3 Å². The summed E-state index contributed by atoms with van der Waals surface area (Å²) in [6, 6.07) is 1.71. The largest absolute Gasteiger partial charge is 0.495 e. The van der Waals surface area contributed by atoms with Crippen LogP contribution in [0.5, 0.6) is 5.75 Å². The number of aromatic nitrogens is 2. The number of methoxy groups -OCH3 is 1. The van der Waals surface area contributed by atoms with Crippen LogP contribution in [0.3, 0.4) is 0 Å². The van der Waals surface area contributed by atoms with Crippen LogP contribution in [0.15, 0.2) is 30.2 Å². The predicted molar refractivity (Wildman–Crippen MR) is 58.9 cm³/mol. The summed E-state index contributed by atoms with van der Waals surface area (Å²) in [6.07, 6.45) is 5.17. The Balaban J connectivity index is 2.29. The number of nitrogens with two attached hydrogens (primary N) is 1. The molecule has 2 N–H and O–H groups in total. The van der Waals surface area contributed by atoms with Crippen LogP contribution in [0.1, 0.15) is 16.5 Å². The molecule has 1 unspecified atom stereocenters. The molecule has 78 valence electrons. The minimum atomic E-state index is -0.180. The van der Waals surface area contributed by atoms with E-state index in [-0.39, 0.29) is 6.04 Å². The molecule has 0 aliphatic rings. The number of hydrogen-bond acceptors (Lipinski definition) is 5. The van der Waals surface area contributed by atoms with Gasteiger partial charge in [-0.2, -0.15) is 0 Å². The summed E-state index contributed by atoms with van der Waals surface area (Å²) in [5, 5.41) is 0. The Kier molecular flexibility index (Phi) is 2.94. The van der Waals surface area contributed by atoms with Crippen molar-refractivity contribution in [2.75, 3.05) is 7.11 Å². The third kappa shape index (κ3) is 2.14. The number of hydrogen-bond donors (Lipinski definition) is 1. The highest BCUT2D eigenvalue weighted by molar-refractivity contribution is 7.09. The fourth-order valence-electron chi connectivity index (χ4n) is 1.26. The Morgan fingerprint density at radius 3 is 2.87 bits per heavy atom. The van der Waals surface area contributed by atoms with E-state index >= 15 is 0 Å². The Morgan fingerprint density at radius 2 is 2.20 bits per heavy atom. The molecule has 0 amide bonds. The maximum absolute atomic E-state index is 6.06. The maximum Gasteiger partial charge on any atom is 0.137 e.